The van der Waals surface area contributed by atoms with Crippen LogP contribution >= 0.6 is 0 Å². The number of aliphatic hydroxyl groups is 1. The number of hydrogen-bond acceptors (Lipinski definition) is 8. The topological polar surface area (TPSA) is 151 Å². The van der Waals surface area contributed by atoms with Crippen molar-refractivity contribution in [3.63, 3.8) is 0 Å². The molecule has 5 rings (SSSR count). The molecule has 1 unspecified atom stereocenters. The molecule has 0 bridgehead atoms. The lowest BCUT2D eigenvalue weighted by atomic mass is 9.95. The van der Waals surface area contributed by atoms with Gasteiger partial charge < -0.3 is 29.4 Å². The van der Waals surface area contributed by atoms with Gasteiger partial charge in [0.05, 0.1) is 49.5 Å². The Morgan fingerprint density at radius 2 is 1.64 bits per heavy atom. The first kappa shape index (κ1) is 25.3. The maximum Gasteiger partial charge on any atom is 0.335 e. The third kappa shape index (κ3) is 4.29. The first-order chi connectivity index (χ1) is 18.8. The van der Waals surface area contributed by atoms with E-state index < -0.39 is 29.5 Å². The quantitative estimate of drug-likeness (QED) is 0.184. The summed E-state index contributed by atoms with van der Waals surface area (Å²) in [5.74, 6) is -2.19. The Bertz CT molecular complexity index is 1670. The number of ketones is 1. The molecule has 0 spiro atoms. The predicted octanol–water partition coefficient (Wildman–Crippen LogP) is 3.91. The fraction of sp³-hybridized carbons (Fsp3) is 0.143. The number of H-pyrrole nitrogens is 1. The number of amides is 1. The number of Topliss-reactive ketones (excluding diaryl/α,β-unsaturated/α-hetero) is 1. The second-order valence-electron chi connectivity index (χ2n) is 8.61. The van der Waals surface area contributed by atoms with Crippen LogP contribution in [0.5, 0.6) is 17.2 Å². The number of hydrogen-bond donors (Lipinski definition) is 3. The highest BCUT2D eigenvalue weighted by molar-refractivity contribution is 6.51. The number of nitrogens with one attached hydrogen (secondary N) is 1. The van der Waals surface area contributed by atoms with Crippen LogP contribution in [0.2, 0.25) is 0 Å². The number of ether oxygens (including phenoxy) is 3. The number of imidazole rings is 1. The Kier molecular flexibility index (Phi) is 6.40. The van der Waals surface area contributed by atoms with Crippen LogP contribution in [-0.4, -0.2) is 59.2 Å². The molecule has 0 aliphatic carbocycles. The van der Waals surface area contributed by atoms with Crippen molar-refractivity contribution in [2.24, 2.45) is 0 Å². The van der Waals surface area contributed by atoms with Gasteiger partial charge in [0, 0.05) is 5.56 Å². The van der Waals surface area contributed by atoms with Gasteiger partial charge in [-0.1, -0.05) is 12.1 Å². The van der Waals surface area contributed by atoms with Gasteiger partial charge in [0.1, 0.15) is 11.5 Å². The molecule has 11 nitrogen and oxygen atoms in total. The minimum absolute atomic E-state index is 0.00817. The molecule has 2 heterocycles. The van der Waals surface area contributed by atoms with Gasteiger partial charge in [-0.2, -0.15) is 0 Å². The fourth-order valence-corrected chi connectivity index (χ4v) is 4.56. The third-order valence-electron chi connectivity index (χ3n) is 6.46. The van der Waals surface area contributed by atoms with Gasteiger partial charge in [-0.15, -0.1) is 0 Å². The van der Waals surface area contributed by atoms with Crippen LogP contribution in [0, 0.1) is 0 Å². The molecule has 0 saturated carbocycles. The lowest BCUT2D eigenvalue weighted by Gasteiger charge is -2.23. The number of methoxy groups -OCH3 is 3. The summed E-state index contributed by atoms with van der Waals surface area (Å²) in [6, 6.07) is 14.5. The van der Waals surface area contributed by atoms with Gasteiger partial charge in [0.25, 0.3) is 5.78 Å². The normalized spacial score (nSPS) is 16.5. The standard InChI is InChI=1S/C28H23N3O8/c1-37-17-6-4-5-14(11-17)23-22(24(32)15-8-10-20(38-2)21(13-15)39-3)25(33)26(34)31(23)28-29-18-9-7-16(27(35)36)12-19(18)30-28/h4-13,23,32H,1-3H3,(H,29,30)(H,35,36)/b24-22+. The van der Waals surface area contributed by atoms with E-state index in [0.717, 1.165) is 4.90 Å². The van der Waals surface area contributed by atoms with E-state index in [2.05, 4.69) is 9.97 Å². The Morgan fingerprint density at radius 3 is 2.33 bits per heavy atom. The highest BCUT2D eigenvalue weighted by Gasteiger charge is 2.48. The first-order valence-electron chi connectivity index (χ1n) is 11.7. The van der Waals surface area contributed by atoms with Crippen molar-refractivity contribution in [3.8, 4) is 17.2 Å². The summed E-state index contributed by atoms with van der Waals surface area (Å²) in [4.78, 5) is 46.9. The monoisotopic (exact) mass is 529 g/mol. The van der Waals surface area contributed by atoms with Gasteiger partial charge in [0.15, 0.2) is 11.5 Å². The molecular weight excluding hydrogens is 506 g/mol. The Morgan fingerprint density at radius 1 is 0.897 bits per heavy atom. The smallest absolute Gasteiger partial charge is 0.335 e. The number of carbonyl (C=O) groups excluding carboxylic acids is 2. The molecule has 0 radical (unpaired) electrons. The Hall–Kier alpha value is -5.32. The summed E-state index contributed by atoms with van der Waals surface area (Å²) >= 11 is 0. The van der Waals surface area contributed by atoms with Crippen molar-refractivity contribution in [3.05, 3.63) is 82.9 Å². The molecular formula is C28H23N3O8. The molecule has 1 aliphatic rings. The molecule has 1 aliphatic heterocycles. The number of carboxylic acid groups (broad SMARTS) is 1. The molecule has 11 heteroatoms. The largest absolute Gasteiger partial charge is 0.507 e. The van der Waals surface area contributed by atoms with Gasteiger partial charge >= 0.3 is 11.9 Å². The van der Waals surface area contributed by atoms with Crippen molar-refractivity contribution in [2.75, 3.05) is 26.2 Å². The number of aromatic nitrogens is 2. The average Bonchev–Trinajstić information content (AvgIpc) is 3.49. The van der Waals surface area contributed by atoms with Crippen LogP contribution in [0.3, 0.4) is 0 Å². The second-order valence-corrected chi connectivity index (χ2v) is 8.61. The second kappa shape index (κ2) is 9.86. The average molecular weight is 530 g/mol. The molecule has 4 aromatic rings. The molecule has 3 N–H and O–H groups in total. The van der Waals surface area contributed by atoms with Gasteiger partial charge in [-0.3, -0.25) is 14.5 Å². The van der Waals surface area contributed by atoms with Crippen LogP contribution in [-0.2, 0) is 9.59 Å². The number of carbonyl (C=O) groups is 3. The van der Waals surface area contributed by atoms with Crippen molar-refractivity contribution >= 4 is 40.4 Å². The molecule has 1 saturated heterocycles. The summed E-state index contributed by atoms with van der Waals surface area (Å²) in [6.45, 7) is 0. The molecule has 39 heavy (non-hydrogen) atoms. The van der Waals surface area contributed by atoms with Crippen molar-refractivity contribution in [1.82, 2.24) is 9.97 Å². The summed E-state index contributed by atoms with van der Waals surface area (Å²) in [6.07, 6.45) is 0. The van der Waals surface area contributed by atoms with Crippen molar-refractivity contribution < 1.29 is 38.8 Å². The van der Waals surface area contributed by atoms with E-state index in [1.807, 2.05) is 0 Å². The van der Waals surface area contributed by atoms with Gasteiger partial charge in [0.2, 0.25) is 5.95 Å². The van der Waals surface area contributed by atoms with Crippen LogP contribution < -0.4 is 19.1 Å². The highest BCUT2D eigenvalue weighted by atomic mass is 16.5. The van der Waals surface area contributed by atoms with E-state index in [0.29, 0.717) is 33.8 Å². The number of fused-ring (bicyclic) bond motifs is 1. The van der Waals surface area contributed by atoms with Crippen molar-refractivity contribution in [1.29, 1.82) is 0 Å². The SMILES string of the molecule is COc1cccc(C2/C(=C(\O)c3ccc(OC)c(OC)c3)C(=O)C(=O)N2c2nc3ccc(C(=O)O)cc3[nH]2)c1. The zero-order valence-corrected chi connectivity index (χ0v) is 21.1. The Balaban J connectivity index is 1.72. The number of rotatable bonds is 7. The molecule has 198 valence electrons. The molecule has 1 aromatic heterocycles. The van der Waals surface area contributed by atoms with E-state index in [4.69, 9.17) is 14.2 Å². The first-order valence-corrected chi connectivity index (χ1v) is 11.7. The maximum absolute atomic E-state index is 13.5. The maximum atomic E-state index is 13.5. The van der Waals surface area contributed by atoms with Crippen LogP contribution in [0.4, 0.5) is 5.95 Å². The van der Waals surface area contributed by atoms with Crippen molar-refractivity contribution in [2.45, 2.75) is 6.04 Å². The number of anilines is 1. The summed E-state index contributed by atoms with van der Waals surface area (Å²) in [5.41, 5.74) is 1.30. The van der Waals surface area contributed by atoms with Gasteiger partial charge in [-0.25, -0.2) is 9.78 Å². The predicted molar refractivity (Wildman–Crippen MR) is 140 cm³/mol. The van der Waals surface area contributed by atoms with E-state index >= 15 is 0 Å². The molecule has 1 atom stereocenters. The highest BCUT2D eigenvalue weighted by Crippen LogP contribution is 2.43. The lowest BCUT2D eigenvalue weighted by Crippen LogP contribution is -2.30. The number of carboxylic acids is 1. The summed E-state index contributed by atoms with van der Waals surface area (Å²) < 4.78 is 16.0. The molecule has 1 amide bonds. The van der Waals surface area contributed by atoms with E-state index in [1.54, 1.807) is 36.4 Å². The summed E-state index contributed by atoms with van der Waals surface area (Å²) in [5, 5.41) is 20.8. The molecule has 1 fully saturated rings. The van der Waals surface area contributed by atoms with Crippen LogP contribution in [0.25, 0.3) is 16.8 Å². The lowest BCUT2D eigenvalue weighted by molar-refractivity contribution is -0.132. The molecule has 3 aromatic carbocycles. The minimum atomic E-state index is -1.13. The third-order valence-corrected chi connectivity index (χ3v) is 6.46. The number of aromatic carboxylic acids is 1. The number of aromatic amines is 1. The number of nitrogens with zero attached hydrogens (tertiary/aromatic N) is 2. The zero-order valence-electron chi connectivity index (χ0n) is 21.1. The van der Waals surface area contributed by atoms with E-state index in [9.17, 15) is 24.6 Å². The van der Waals surface area contributed by atoms with E-state index in [1.165, 1.54) is 45.6 Å². The Labute approximate surface area is 221 Å². The number of aliphatic hydroxyl groups excluding tert-OH is 1. The van der Waals surface area contributed by atoms with Crippen LogP contribution in [0.15, 0.2) is 66.2 Å². The van der Waals surface area contributed by atoms with Gasteiger partial charge in [-0.05, 0) is 54.1 Å². The summed E-state index contributed by atoms with van der Waals surface area (Å²) in [7, 11) is 4.39. The number of benzene rings is 3. The van der Waals surface area contributed by atoms with Crippen LogP contribution in [0.1, 0.15) is 27.5 Å². The zero-order chi connectivity index (χ0) is 27.8. The van der Waals surface area contributed by atoms with E-state index in [-0.39, 0.29) is 22.6 Å². The minimum Gasteiger partial charge on any atom is -0.507 e. The fourth-order valence-electron chi connectivity index (χ4n) is 4.56.